The average Bonchev–Trinajstić information content (AvgIpc) is 2.52. The van der Waals surface area contributed by atoms with Gasteiger partial charge in [-0.15, -0.1) is 0 Å². The van der Waals surface area contributed by atoms with Crippen molar-refractivity contribution in [2.75, 3.05) is 5.75 Å². The second kappa shape index (κ2) is 16.1. The molecular formula is C15H33N3O6S. The van der Waals surface area contributed by atoms with Crippen molar-refractivity contribution in [2.45, 2.75) is 58.7 Å². The van der Waals surface area contributed by atoms with Gasteiger partial charge in [-0.05, 0) is 18.3 Å². The van der Waals surface area contributed by atoms with Crippen LogP contribution in [0.15, 0.2) is 0 Å². The third kappa shape index (κ3) is 18.8. The molecule has 0 aliphatic carbocycles. The predicted molar refractivity (Wildman–Crippen MR) is 99.6 cm³/mol. The van der Waals surface area contributed by atoms with E-state index >= 15 is 0 Å². The van der Waals surface area contributed by atoms with Crippen molar-refractivity contribution < 1.29 is 29.7 Å². The number of thiol groups is 1. The molecule has 0 bridgehead atoms. The molecule has 0 radical (unpaired) electrons. The van der Waals surface area contributed by atoms with Crippen molar-refractivity contribution in [1.82, 2.24) is 0 Å². The van der Waals surface area contributed by atoms with Crippen molar-refractivity contribution in [2.24, 2.45) is 29.0 Å². The number of nitrogens with two attached hydrogens (primary N) is 3. The smallest absolute Gasteiger partial charge is 0.321 e. The Kier molecular flexibility index (Phi) is 18.3. The first-order chi connectivity index (χ1) is 11.3. The topological polar surface area (TPSA) is 190 Å². The summed E-state index contributed by atoms with van der Waals surface area (Å²) in [7, 11) is 0. The van der Waals surface area contributed by atoms with Crippen molar-refractivity contribution in [1.29, 1.82) is 0 Å². The molecule has 0 aromatic rings. The molecule has 9 nitrogen and oxygen atoms in total. The maximum atomic E-state index is 10.2. The van der Waals surface area contributed by atoms with Gasteiger partial charge in [0.15, 0.2) is 0 Å². The summed E-state index contributed by atoms with van der Waals surface area (Å²) in [5, 5.41) is 24.7. The molecule has 0 fully saturated rings. The van der Waals surface area contributed by atoms with Crippen LogP contribution < -0.4 is 17.2 Å². The third-order valence-corrected chi connectivity index (χ3v) is 3.49. The summed E-state index contributed by atoms with van der Waals surface area (Å²) in [6.07, 6.45) is 1.36. The monoisotopic (exact) mass is 383 g/mol. The lowest BCUT2D eigenvalue weighted by Gasteiger charge is -2.11. The number of carboxylic acid groups (broad SMARTS) is 3. The van der Waals surface area contributed by atoms with Gasteiger partial charge in [0.25, 0.3) is 0 Å². The summed E-state index contributed by atoms with van der Waals surface area (Å²) < 4.78 is 0. The van der Waals surface area contributed by atoms with Gasteiger partial charge in [0.05, 0.1) is 0 Å². The van der Waals surface area contributed by atoms with E-state index in [9.17, 15) is 14.4 Å². The van der Waals surface area contributed by atoms with E-state index in [0.717, 1.165) is 6.42 Å². The molecule has 0 saturated heterocycles. The fraction of sp³-hybridized carbons (Fsp3) is 0.800. The van der Waals surface area contributed by atoms with E-state index < -0.39 is 36.0 Å². The number of aliphatic carboxylic acids is 3. The SMILES string of the molecule is CC(C)C[C@H](N)C(=O)O.CC[C@H](C)[C@H](N)C(=O)O.N[C@@H](CS)C(=O)O. The molecule has 9 N–H and O–H groups in total. The van der Waals surface area contributed by atoms with E-state index in [1.807, 2.05) is 27.7 Å². The Bertz CT molecular complexity index is 395. The van der Waals surface area contributed by atoms with E-state index in [-0.39, 0.29) is 11.7 Å². The molecular weight excluding hydrogens is 350 g/mol. The van der Waals surface area contributed by atoms with Crippen molar-refractivity contribution >= 4 is 30.5 Å². The molecule has 0 aliphatic rings. The quantitative estimate of drug-likeness (QED) is 0.287. The molecule has 0 spiro atoms. The Morgan fingerprint density at radius 2 is 1.28 bits per heavy atom. The summed E-state index contributed by atoms with van der Waals surface area (Å²) in [6.45, 7) is 7.65. The van der Waals surface area contributed by atoms with Gasteiger partial charge in [-0.25, -0.2) is 0 Å². The second-order valence-electron chi connectivity index (χ2n) is 5.95. The van der Waals surface area contributed by atoms with Crippen LogP contribution in [0.1, 0.15) is 40.5 Å². The number of carbonyl (C=O) groups is 3. The minimum atomic E-state index is -1.00. The van der Waals surface area contributed by atoms with Crippen molar-refractivity contribution in [3.05, 3.63) is 0 Å². The molecule has 4 atom stereocenters. The van der Waals surface area contributed by atoms with Crippen LogP contribution in [0.4, 0.5) is 0 Å². The lowest BCUT2D eigenvalue weighted by Crippen LogP contribution is -2.36. The number of rotatable bonds is 8. The maximum Gasteiger partial charge on any atom is 0.321 e. The Morgan fingerprint density at radius 3 is 1.36 bits per heavy atom. The van der Waals surface area contributed by atoms with E-state index in [0.29, 0.717) is 12.3 Å². The van der Waals surface area contributed by atoms with Crippen LogP contribution in [0, 0.1) is 11.8 Å². The van der Waals surface area contributed by atoms with Gasteiger partial charge >= 0.3 is 17.9 Å². The zero-order valence-electron chi connectivity index (χ0n) is 15.3. The van der Waals surface area contributed by atoms with E-state index in [4.69, 9.17) is 32.5 Å². The van der Waals surface area contributed by atoms with Crippen LogP contribution in [-0.4, -0.2) is 57.1 Å². The van der Waals surface area contributed by atoms with Gasteiger partial charge in [-0.3, -0.25) is 14.4 Å². The highest BCUT2D eigenvalue weighted by Gasteiger charge is 2.17. The minimum Gasteiger partial charge on any atom is -0.480 e. The Morgan fingerprint density at radius 1 is 0.880 bits per heavy atom. The van der Waals surface area contributed by atoms with Crippen LogP contribution in [-0.2, 0) is 14.4 Å². The summed E-state index contributed by atoms with van der Waals surface area (Å²) in [6, 6.07) is -2.21. The lowest BCUT2D eigenvalue weighted by atomic mass is 10.0. The average molecular weight is 384 g/mol. The fourth-order valence-electron chi connectivity index (χ4n) is 1.18. The first-order valence-corrected chi connectivity index (χ1v) is 8.50. The Balaban J connectivity index is -0.000000293. The molecule has 0 aliphatic heterocycles. The molecule has 0 heterocycles. The van der Waals surface area contributed by atoms with Gasteiger partial charge in [0.1, 0.15) is 18.1 Å². The first kappa shape index (κ1) is 28.4. The summed E-state index contributed by atoms with van der Waals surface area (Å²) in [5.74, 6) is -2.21. The van der Waals surface area contributed by atoms with Crippen LogP contribution in [0.25, 0.3) is 0 Å². The molecule has 0 aromatic carbocycles. The number of hydrogen-bond donors (Lipinski definition) is 7. The molecule has 10 heteroatoms. The molecule has 0 unspecified atom stereocenters. The molecule has 150 valence electrons. The molecule has 25 heavy (non-hydrogen) atoms. The normalized spacial score (nSPS) is 14.8. The van der Waals surface area contributed by atoms with Gasteiger partial charge in [0, 0.05) is 5.75 Å². The highest BCUT2D eigenvalue weighted by Crippen LogP contribution is 2.04. The van der Waals surface area contributed by atoms with Crippen LogP contribution in [0.3, 0.4) is 0 Å². The molecule has 0 amide bonds. The van der Waals surface area contributed by atoms with E-state index in [2.05, 4.69) is 12.6 Å². The summed E-state index contributed by atoms with van der Waals surface area (Å²) in [5.41, 5.74) is 15.4. The van der Waals surface area contributed by atoms with Gasteiger partial charge in [-0.1, -0.05) is 34.1 Å². The second-order valence-corrected chi connectivity index (χ2v) is 6.32. The zero-order chi connectivity index (χ0) is 20.7. The van der Waals surface area contributed by atoms with Crippen molar-refractivity contribution in [3.8, 4) is 0 Å². The highest BCUT2D eigenvalue weighted by atomic mass is 32.1. The van der Waals surface area contributed by atoms with Crippen LogP contribution in [0.2, 0.25) is 0 Å². The zero-order valence-corrected chi connectivity index (χ0v) is 16.1. The minimum absolute atomic E-state index is 0.0718. The van der Waals surface area contributed by atoms with Crippen LogP contribution >= 0.6 is 12.6 Å². The lowest BCUT2D eigenvalue weighted by molar-refractivity contribution is -0.140. The predicted octanol–water partition coefficient (Wildman–Crippen LogP) is 0.217. The third-order valence-electron chi connectivity index (χ3n) is 3.10. The Hall–Kier alpha value is -1.36. The van der Waals surface area contributed by atoms with E-state index in [1.54, 1.807) is 0 Å². The van der Waals surface area contributed by atoms with Gasteiger partial charge in [0.2, 0.25) is 0 Å². The van der Waals surface area contributed by atoms with E-state index in [1.165, 1.54) is 0 Å². The Labute approximate surface area is 154 Å². The molecule has 0 aromatic heterocycles. The van der Waals surface area contributed by atoms with Gasteiger partial charge in [-0.2, -0.15) is 12.6 Å². The summed E-state index contributed by atoms with van der Waals surface area (Å²) in [4.78, 5) is 30.0. The largest absolute Gasteiger partial charge is 0.480 e. The number of hydrogen-bond acceptors (Lipinski definition) is 7. The fourth-order valence-corrected chi connectivity index (χ4v) is 1.34. The standard InChI is InChI=1S/2C6H13NO2.C3H7NO2S/c1-4(2)3-5(7)6(8)9;1-3-4(2)5(7)6(8)9;4-2(1-7)3(5)6/h2*4-5H,3,7H2,1-2H3,(H,8,9);2,7H,1,4H2,(H,5,6)/t5-;4-,5-;2-/m000/s1. The maximum absolute atomic E-state index is 10.2. The van der Waals surface area contributed by atoms with Crippen molar-refractivity contribution in [3.63, 3.8) is 0 Å². The first-order valence-electron chi connectivity index (χ1n) is 7.87. The number of carboxylic acids is 3. The summed E-state index contributed by atoms with van der Waals surface area (Å²) >= 11 is 3.65. The highest BCUT2D eigenvalue weighted by molar-refractivity contribution is 7.80. The molecule has 0 rings (SSSR count). The molecule has 0 saturated carbocycles. The van der Waals surface area contributed by atoms with Gasteiger partial charge < -0.3 is 32.5 Å². The van der Waals surface area contributed by atoms with Crippen LogP contribution in [0.5, 0.6) is 0 Å².